The smallest absolute Gasteiger partial charge is 0.338 e. The summed E-state index contributed by atoms with van der Waals surface area (Å²) in [6.07, 6.45) is 0. The standard InChI is InChI=1S/C25H25ClN2O5S/c1-4-33-25(30)19-11-10-17(2)22(15-19)27-24(29)16-28(23-13-12-20(26)14-18(23)3)34(31,32)21-8-6-5-7-9-21/h5-15H,4,16H2,1-3H3,(H,27,29). The molecule has 3 aromatic carbocycles. The molecule has 0 spiro atoms. The summed E-state index contributed by atoms with van der Waals surface area (Å²) < 4.78 is 33.0. The molecule has 0 saturated carbocycles. The summed E-state index contributed by atoms with van der Waals surface area (Å²) >= 11 is 6.06. The van der Waals surface area contributed by atoms with Crippen LogP contribution >= 0.6 is 11.6 Å². The van der Waals surface area contributed by atoms with Crippen molar-refractivity contribution in [1.29, 1.82) is 0 Å². The van der Waals surface area contributed by atoms with Crippen molar-refractivity contribution in [2.75, 3.05) is 22.8 Å². The highest BCUT2D eigenvalue weighted by Crippen LogP contribution is 2.29. The number of ether oxygens (including phenoxy) is 1. The normalized spacial score (nSPS) is 11.1. The van der Waals surface area contributed by atoms with E-state index in [1.165, 1.54) is 18.2 Å². The van der Waals surface area contributed by atoms with E-state index in [1.807, 2.05) is 0 Å². The number of sulfonamides is 1. The minimum Gasteiger partial charge on any atom is -0.462 e. The molecule has 0 heterocycles. The Morgan fingerprint density at radius 2 is 1.68 bits per heavy atom. The van der Waals surface area contributed by atoms with Crippen LogP contribution in [0.3, 0.4) is 0 Å². The Kier molecular flexibility index (Phi) is 7.96. The molecule has 9 heteroatoms. The molecule has 0 radical (unpaired) electrons. The van der Waals surface area contributed by atoms with E-state index in [4.69, 9.17) is 16.3 Å². The van der Waals surface area contributed by atoms with Crippen molar-refractivity contribution in [3.05, 3.63) is 88.4 Å². The second-order valence-corrected chi connectivity index (χ2v) is 9.85. The number of hydrogen-bond donors (Lipinski definition) is 1. The first kappa shape index (κ1) is 25.3. The number of nitrogens with one attached hydrogen (secondary N) is 1. The SMILES string of the molecule is CCOC(=O)c1ccc(C)c(NC(=O)CN(c2ccc(Cl)cc2C)S(=O)(=O)c2ccccc2)c1. The maximum atomic E-state index is 13.5. The quantitative estimate of drug-likeness (QED) is 0.441. The van der Waals surface area contributed by atoms with Crippen LogP contribution < -0.4 is 9.62 Å². The van der Waals surface area contributed by atoms with E-state index in [-0.39, 0.29) is 17.1 Å². The molecule has 3 rings (SSSR count). The predicted octanol–water partition coefficient (Wildman–Crippen LogP) is 4.97. The van der Waals surface area contributed by atoms with Crippen molar-refractivity contribution >= 4 is 44.9 Å². The van der Waals surface area contributed by atoms with Gasteiger partial charge in [0.25, 0.3) is 10.0 Å². The number of anilines is 2. The van der Waals surface area contributed by atoms with Crippen LogP contribution in [0.15, 0.2) is 71.6 Å². The highest BCUT2D eigenvalue weighted by molar-refractivity contribution is 7.92. The number of hydrogen-bond acceptors (Lipinski definition) is 5. The number of benzene rings is 3. The third-order valence-electron chi connectivity index (χ3n) is 5.07. The van der Waals surface area contributed by atoms with E-state index >= 15 is 0 Å². The molecule has 1 N–H and O–H groups in total. The molecule has 7 nitrogen and oxygen atoms in total. The fourth-order valence-corrected chi connectivity index (χ4v) is 5.07. The average molecular weight is 501 g/mol. The van der Waals surface area contributed by atoms with Gasteiger partial charge in [0.15, 0.2) is 0 Å². The summed E-state index contributed by atoms with van der Waals surface area (Å²) in [5, 5.41) is 3.18. The predicted molar refractivity (Wildman–Crippen MR) is 133 cm³/mol. The van der Waals surface area contributed by atoms with Gasteiger partial charge in [-0.25, -0.2) is 13.2 Å². The summed E-state index contributed by atoms with van der Waals surface area (Å²) in [4.78, 5) is 25.2. The zero-order valence-corrected chi connectivity index (χ0v) is 20.6. The largest absolute Gasteiger partial charge is 0.462 e. The lowest BCUT2D eigenvalue weighted by Gasteiger charge is -2.26. The monoisotopic (exact) mass is 500 g/mol. The Balaban J connectivity index is 1.95. The molecule has 0 unspecified atom stereocenters. The molecular formula is C25H25ClN2O5S. The Bertz CT molecular complexity index is 1310. The van der Waals surface area contributed by atoms with Crippen molar-refractivity contribution < 1.29 is 22.7 Å². The zero-order chi connectivity index (χ0) is 24.9. The topological polar surface area (TPSA) is 92.8 Å². The van der Waals surface area contributed by atoms with Crippen molar-refractivity contribution in [3.63, 3.8) is 0 Å². The second kappa shape index (κ2) is 10.7. The molecule has 0 atom stereocenters. The number of halogens is 1. The van der Waals surface area contributed by atoms with Gasteiger partial charge in [-0.15, -0.1) is 0 Å². The van der Waals surface area contributed by atoms with E-state index in [0.717, 1.165) is 4.31 Å². The van der Waals surface area contributed by atoms with Gasteiger partial charge in [0, 0.05) is 10.7 Å². The molecule has 0 bridgehead atoms. The highest BCUT2D eigenvalue weighted by atomic mass is 35.5. The van der Waals surface area contributed by atoms with Crippen molar-refractivity contribution in [2.45, 2.75) is 25.7 Å². The minimum atomic E-state index is -4.06. The Morgan fingerprint density at radius 1 is 0.971 bits per heavy atom. The summed E-state index contributed by atoms with van der Waals surface area (Å²) in [5.74, 6) is -1.08. The Labute approximate surface area is 204 Å². The second-order valence-electron chi connectivity index (χ2n) is 7.55. The Morgan fingerprint density at radius 3 is 2.32 bits per heavy atom. The summed E-state index contributed by atoms with van der Waals surface area (Å²) in [5.41, 5.74) is 2.31. The van der Waals surface area contributed by atoms with E-state index in [9.17, 15) is 18.0 Å². The fourth-order valence-electron chi connectivity index (χ4n) is 3.34. The molecule has 178 valence electrons. The zero-order valence-electron chi connectivity index (χ0n) is 19.0. The average Bonchev–Trinajstić information content (AvgIpc) is 2.80. The maximum absolute atomic E-state index is 13.5. The number of carbonyl (C=O) groups is 2. The first-order valence-electron chi connectivity index (χ1n) is 10.5. The van der Waals surface area contributed by atoms with Crippen LogP contribution in [-0.2, 0) is 19.6 Å². The molecule has 1 amide bonds. The Hall–Kier alpha value is -3.36. The van der Waals surface area contributed by atoms with E-state index in [1.54, 1.807) is 69.3 Å². The minimum absolute atomic E-state index is 0.0534. The van der Waals surface area contributed by atoms with Gasteiger partial charge in [-0.3, -0.25) is 9.10 Å². The van der Waals surface area contributed by atoms with E-state index in [2.05, 4.69) is 5.32 Å². The van der Waals surface area contributed by atoms with Crippen LogP contribution in [-0.4, -0.2) is 33.4 Å². The highest BCUT2D eigenvalue weighted by Gasteiger charge is 2.28. The molecule has 0 saturated heterocycles. The fraction of sp³-hybridized carbons (Fsp3) is 0.200. The van der Waals surface area contributed by atoms with Gasteiger partial charge >= 0.3 is 5.97 Å². The van der Waals surface area contributed by atoms with Gasteiger partial charge in [-0.1, -0.05) is 35.9 Å². The van der Waals surface area contributed by atoms with Crippen molar-refractivity contribution in [2.24, 2.45) is 0 Å². The van der Waals surface area contributed by atoms with Gasteiger partial charge in [0.1, 0.15) is 6.54 Å². The lowest BCUT2D eigenvalue weighted by molar-refractivity contribution is -0.114. The summed E-state index contributed by atoms with van der Waals surface area (Å²) in [6.45, 7) is 4.94. The van der Waals surface area contributed by atoms with Crippen molar-refractivity contribution in [3.8, 4) is 0 Å². The number of amides is 1. The van der Waals surface area contributed by atoms with Gasteiger partial charge < -0.3 is 10.1 Å². The molecule has 0 aliphatic heterocycles. The van der Waals surface area contributed by atoms with Crippen LogP contribution in [0.2, 0.25) is 5.02 Å². The molecule has 0 fully saturated rings. The number of rotatable bonds is 8. The molecule has 0 aromatic heterocycles. The summed E-state index contributed by atoms with van der Waals surface area (Å²) in [7, 11) is -4.06. The van der Waals surface area contributed by atoms with Crippen LogP contribution in [0.1, 0.15) is 28.4 Å². The molecule has 34 heavy (non-hydrogen) atoms. The third kappa shape index (κ3) is 5.76. The molecular weight excluding hydrogens is 476 g/mol. The molecule has 3 aromatic rings. The van der Waals surface area contributed by atoms with Crippen LogP contribution in [0.4, 0.5) is 11.4 Å². The van der Waals surface area contributed by atoms with Gasteiger partial charge in [0.05, 0.1) is 22.8 Å². The van der Waals surface area contributed by atoms with E-state index < -0.39 is 28.4 Å². The lowest BCUT2D eigenvalue weighted by atomic mass is 10.1. The van der Waals surface area contributed by atoms with Crippen molar-refractivity contribution in [1.82, 2.24) is 0 Å². The van der Waals surface area contributed by atoms with Crippen LogP contribution in [0.25, 0.3) is 0 Å². The number of carbonyl (C=O) groups excluding carboxylic acids is 2. The van der Waals surface area contributed by atoms with Gasteiger partial charge in [-0.05, 0) is 74.4 Å². The van der Waals surface area contributed by atoms with E-state index in [0.29, 0.717) is 27.5 Å². The van der Waals surface area contributed by atoms with Crippen LogP contribution in [0, 0.1) is 13.8 Å². The maximum Gasteiger partial charge on any atom is 0.338 e. The third-order valence-corrected chi connectivity index (χ3v) is 7.08. The first-order chi connectivity index (χ1) is 16.1. The number of aryl methyl sites for hydroxylation is 2. The summed E-state index contributed by atoms with van der Waals surface area (Å²) in [6, 6.07) is 17.5. The van der Waals surface area contributed by atoms with Gasteiger partial charge in [0.2, 0.25) is 5.91 Å². The lowest BCUT2D eigenvalue weighted by Crippen LogP contribution is -2.38. The number of nitrogens with zero attached hydrogens (tertiary/aromatic N) is 1. The molecule has 0 aliphatic rings. The van der Waals surface area contributed by atoms with Gasteiger partial charge in [-0.2, -0.15) is 0 Å². The van der Waals surface area contributed by atoms with Crippen LogP contribution in [0.5, 0.6) is 0 Å². The number of esters is 1. The molecule has 0 aliphatic carbocycles. The first-order valence-corrected chi connectivity index (χ1v) is 12.4.